The van der Waals surface area contributed by atoms with Crippen molar-refractivity contribution < 1.29 is 18.8 Å². The summed E-state index contributed by atoms with van der Waals surface area (Å²) in [5.74, 6) is -0.470. The van der Waals surface area contributed by atoms with Gasteiger partial charge in [0, 0.05) is 25.3 Å². The molecule has 0 aromatic heterocycles. The average molecular weight is 341 g/mol. The fourth-order valence-corrected chi connectivity index (χ4v) is 3.72. The summed E-state index contributed by atoms with van der Waals surface area (Å²) < 4.78 is 13.3. The Hall–Kier alpha value is -2.04. The molecule has 3 nitrogen and oxygen atoms in total. The molecule has 3 unspecified atom stereocenters. The van der Waals surface area contributed by atoms with Gasteiger partial charge in [-0.15, -0.1) is 0 Å². The third-order valence-corrected chi connectivity index (χ3v) is 5.15. The van der Waals surface area contributed by atoms with Gasteiger partial charge >= 0.3 is 5.91 Å². The van der Waals surface area contributed by atoms with Crippen LogP contribution in [-0.2, 0) is 17.8 Å². The Labute approximate surface area is 148 Å². The van der Waals surface area contributed by atoms with Crippen LogP contribution in [0.3, 0.4) is 0 Å². The second-order valence-electron chi connectivity index (χ2n) is 6.88. The SMILES string of the molecule is [CH2]C(Cc1ccccc1)[N+]1(Cc2ccc(F)cc2)CCCC(O)C1=O. The van der Waals surface area contributed by atoms with Gasteiger partial charge in [-0.25, -0.2) is 9.18 Å². The highest BCUT2D eigenvalue weighted by Crippen LogP contribution is 2.29. The van der Waals surface area contributed by atoms with Crippen LogP contribution in [0.15, 0.2) is 54.6 Å². The first-order valence-corrected chi connectivity index (χ1v) is 8.72. The number of carbonyl (C=O) groups is 1. The summed E-state index contributed by atoms with van der Waals surface area (Å²) in [4.78, 5) is 13.0. The predicted octanol–water partition coefficient (Wildman–Crippen LogP) is 3.27. The fraction of sp³-hybridized carbons (Fsp3) is 0.333. The van der Waals surface area contributed by atoms with Gasteiger partial charge in [-0.1, -0.05) is 42.5 Å². The van der Waals surface area contributed by atoms with E-state index in [-0.39, 0.29) is 22.2 Å². The van der Waals surface area contributed by atoms with Gasteiger partial charge in [-0.3, -0.25) is 4.48 Å². The highest BCUT2D eigenvalue weighted by Gasteiger charge is 2.47. The van der Waals surface area contributed by atoms with Crippen LogP contribution in [0.25, 0.3) is 0 Å². The molecular weight excluding hydrogens is 317 g/mol. The van der Waals surface area contributed by atoms with Crippen molar-refractivity contribution in [1.29, 1.82) is 0 Å². The molecule has 131 valence electrons. The van der Waals surface area contributed by atoms with E-state index >= 15 is 0 Å². The predicted molar refractivity (Wildman–Crippen MR) is 94.8 cm³/mol. The Morgan fingerprint density at radius 2 is 1.80 bits per heavy atom. The fourth-order valence-electron chi connectivity index (χ4n) is 3.72. The summed E-state index contributed by atoms with van der Waals surface area (Å²) in [6, 6.07) is 16.0. The Morgan fingerprint density at radius 3 is 2.48 bits per heavy atom. The van der Waals surface area contributed by atoms with E-state index in [1.54, 1.807) is 12.1 Å². The van der Waals surface area contributed by atoms with E-state index in [2.05, 4.69) is 6.92 Å². The standard InChI is InChI=1S/C21H24FNO2/c1-16(14-17-6-3-2-4-7-17)23(13-5-8-20(24)21(23)25)15-18-9-11-19(22)12-10-18/h2-4,6-7,9-12,16,20,24H,1,5,8,13-15H2/q+1. The van der Waals surface area contributed by atoms with Gasteiger partial charge in [-0.2, -0.15) is 0 Å². The quantitative estimate of drug-likeness (QED) is 0.848. The molecule has 3 rings (SSSR count). The van der Waals surface area contributed by atoms with Crippen LogP contribution in [0, 0.1) is 12.7 Å². The monoisotopic (exact) mass is 341 g/mol. The number of rotatable bonds is 5. The maximum absolute atomic E-state index is 13.2. The first-order valence-electron chi connectivity index (χ1n) is 8.72. The molecule has 1 amide bonds. The molecule has 1 radical (unpaired) electrons. The van der Waals surface area contributed by atoms with Crippen molar-refractivity contribution in [3.05, 3.63) is 78.5 Å². The van der Waals surface area contributed by atoms with Crippen LogP contribution in [-0.4, -0.2) is 34.2 Å². The van der Waals surface area contributed by atoms with E-state index in [9.17, 15) is 14.3 Å². The number of aliphatic hydroxyl groups is 1. The minimum Gasteiger partial charge on any atom is -0.379 e. The molecule has 3 atom stereocenters. The number of hydrogen-bond donors (Lipinski definition) is 1. The molecule has 2 aromatic carbocycles. The van der Waals surface area contributed by atoms with Crippen molar-refractivity contribution in [2.24, 2.45) is 0 Å². The Kier molecular flexibility index (Phi) is 5.30. The Morgan fingerprint density at radius 1 is 1.12 bits per heavy atom. The molecule has 1 N–H and O–H groups in total. The van der Waals surface area contributed by atoms with Crippen molar-refractivity contribution in [3.8, 4) is 0 Å². The summed E-state index contributed by atoms with van der Waals surface area (Å²) >= 11 is 0. The summed E-state index contributed by atoms with van der Waals surface area (Å²) in [5.41, 5.74) is 2.00. The normalized spacial score (nSPS) is 24.9. The number of aliphatic hydroxyl groups excluding tert-OH is 1. The lowest BCUT2D eigenvalue weighted by molar-refractivity contribution is -0.891. The number of hydrogen-bond acceptors (Lipinski definition) is 2. The van der Waals surface area contributed by atoms with Crippen molar-refractivity contribution in [2.45, 2.75) is 38.0 Å². The maximum atomic E-state index is 13.2. The topological polar surface area (TPSA) is 37.3 Å². The number of halogens is 1. The van der Waals surface area contributed by atoms with Crippen molar-refractivity contribution in [1.82, 2.24) is 0 Å². The number of likely N-dealkylation sites (tertiary alicyclic amines) is 1. The van der Waals surface area contributed by atoms with Crippen molar-refractivity contribution >= 4 is 5.91 Å². The zero-order chi connectivity index (χ0) is 17.9. The molecule has 0 bridgehead atoms. The first kappa shape index (κ1) is 17.8. The number of carbonyl (C=O) groups excluding carboxylic acids is 1. The number of piperidine rings is 1. The number of amides is 1. The van der Waals surface area contributed by atoms with E-state index < -0.39 is 6.10 Å². The lowest BCUT2D eigenvalue weighted by Gasteiger charge is -2.44. The van der Waals surface area contributed by atoms with E-state index in [0.29, 0.717) is 25.9 Å². The molecule has 0 aliphatic carbocycles. The molecule has 0 spiro atoms. The third-order valence-electron chi connectivity index (χ3n) is 5.15. The van der Waals surface area contributed by atoms with Crippen LogP contribution in [0.1, 0.15) is 24.0 Å². The van der Waals surface area contributed by atoms with Gasteiger partial charge in [-0.05, 0) is 24.1 Å². The van der Waals surface area contributed by atoms with Gasteiger partial charge in [0.2, 0.25) is 0 Å². The summed E-state index contributed by atoms with van der Waals surface area (Å²) in [6.45, 7) is 5.37. The summed E-state index contributed by atoms with van der Waals surface area (Å²) in [7, 11) is 0. The smallest absolute Gasteiger partial charge is 0.342 e. The zero-order valence-electron chi connectivity index (χ0n) is 14.3. The molecule has 1 aliphatic rings. The second kappa shape index (κ2) is 7.46. The van der Waals surface area contributed by atoms with Gasteiger partial charge in [0.25, 0.3) is 0 Å². The van der Waals surface area contributed by atoms with Crippen LogP contribution >= 0.6 is 0 Å². The summed E-state index contributed by atoms with van der Waals surface area (Å²) in [5, 5.41) is 10.2. The highest BCUT2D eigenvalue weighted by atomic mass is 19.1. The van der Waals surface area contributed by atoms with E-state index in [1.807, 2.05) is 30.3 Å². The van der Waals surface area contributed by atoms with Crippen molar-refractivity contribution in [2.75, 3.05) is 6.54 Å². The molecule has 1 fully saturated rings. The maximum Gasteiger partial charge on any atom is 0.342 e. The number of quaternary nitrogens is 1. The Bertz CT molecular complexity index is 716. The molecule has 0 saturated carbocycles. The zero-order valence-corrected chi connectivity index (χ0v) is 14.3. The van der Waals surface area contributed by atoms with Gasteiger partial charge in [0.15, 0.2) is 6.10 Å². The third kappa shape index (κ3) is 3.80. The van der Waals surface area contributed by atoms with Crippen LogP contribution in [0.5, 0.6) is 0 Å². The first-order chi connectivity index (χ1) is 12.0. The van der Waals surface area contributed by atoms with Crippen LogP contribution in [0.2, 0.25) is 0 Å². The molecule has 2 aromatic rings. The average Bonchev–Trinajstić information content (AvgIpc) is 2.62. The number of benzene rings is 2. The van der Waals surface area contributed by atoms with Crippen LogP contribution < -0.4 is 0 Å². The largest absolute Gasteiger partial charge is 0.379 e. The molecule has 25 heavy (non-hydrogen) atoms. The molecular formula is C21H24FNO2+. The van der Waals surface area contributed by atoms with E-state index in [4.69, 9.17) is 0 Å². The van der Waals surface area contributed by atoms with E-state index in [0.717, 1.165) is 17.5 Å². The molecule has 1 heterocycles. The lowest BCUT2D eigenvalue weighted by atomic mass is 9.95. The van der Waals surface area contributed by atoms with Crippen LogP contribution in [0.4, 0.5) is 4.39 Å². The minimum absolute atomic E-state index is 0.113. The van der Waals surface area contributed by atoms with Gasteiger partial charge in [0.05, 0.1) is 6.54 Å². The van der Waals surface area contributed by atoms with Gasteiger partial charge in [0.1, 0.15) is 18.4 Å². The molecule has 4 heteroatoms. The number of nitrogens with zero attached hydrogens (tertiary/aromatic N) is 1. The van der Waals surface area contributed by atoms with Gasteiger partial charge < -0.3 is 5.11 Å². The Balaban J connectivity index is 1.91. The summed E-state index contributed by atoms with van der Waals surface area (Å²) in [6.07, 6.45) is 0.977. The second-order valence-corrected chi connectivity index (χ2v) is 6.88. The highest BCUT2D eigenvalue weighted by molar-refractivity contribution is 5.74. The molecule has 1 saturated heterocycles. The van der Waals surface area contributed by atoms with E-state index in [1.165, 1.54) is 12.1 Å². The lowest BCUT2D eigenvalue weighted by Crippen LogP contribution is -2.64. The minimum atomic E-state index is -0.950. The molecule has 1 aliphatic heterocycles. The van der Waals surface area contributed by atoms with Crippen molar-refractivity contribution in [3.63, 3.8) is 0 Å².